The Bertz CT molecular complexity index is 984. The van der Waals surface area contributed by atoms with Crippen molar-refractivity contribution in [1.82, 2.24) is 5.32 Å². The number of halogens is 1. The Kier molecular flexibility index (Phi) is 5.85. The number of benzene rings is 2. The second kappa shape index (κ2) is 8.55. The lowest BCUT2D eigenvalue weighted by molar-refractivity contribution is -0.127. The summed E-state index contributed by atoms with van der Waals surface area (Å²) in [7, 11) is 3.09. The Labute approximate surface area is 178 Å². The first-order valence-corrected chi connectivity index (χ1v) is 10.7. The van der Waals surface area contributed by atoms with Crippen molar-refractivity contribution < 1.29 is 23.5 Å². The Morgan fingerprint density at radius 3 is 2.83 bits per heavy atom. The summed E-state index contributed by atoms with van der Waals surface area (Å²) in [4.78, 5) is 27.8. The van der Waals surface area contributed by atoms with E-state index in [4.69, 9.17) is 9.47 Å². The number of nitrogens with zero attached hydrogens (tertiary/aromatic N) is 1. The van der Waals surface area contributed by atoms with Crippen LogP contribution in [0, 0.1) is 11.7 Å². The van der Waals surface area contributed by atoms with Crippen LogP contribution >= 0.6 is 11.8 Å². The number of hydrogen-bond donors (Lipinski definition) is 1. The minimum Gasteiger partial charge on any atom is -0.497 e. The fraction of sp³-hybridized carbons (Fsp3) is 0.364. The molecule has 30 heavy (non-hydrogen) atoms. The second-order valence-electron chi connectivity index (χ2n) is 7.30. The van der Waals surface area contributed by atoms with E-state index in [0.29, 0.717) is 22.1 Å². The summed E-state index contributed by atoms with van der Waals surface area (Å²) in [5, 5.41) is 3.03. The average molecular weight is 431 g/mol. The second-order valence-corrected chi connectivity index (χ2v) is 8.40. The molecule has 1 N–H and O–H groups in total. The van der Waals surface area contributed by atoms with E-state index in [1.54, 1.807) is 36.3 Å². The van der Waals surface area contributed by atoms with Crippen molar-refractivity contribution in [3.63, 3.8) is 0 Å². The summed E-state index contributed by atoms with van der Waals surface area (Å²) in [5.41, 5.74) is 1.38. The molecule has 158 valence electrons. The van der Waals surface area contributed by atoms with Gasteiger partial charge in [0.2, 0.25) is 11.8 Å². The molecule has 8 heteroatoms. The Hall–Kier alpha value is -2.74. The number of ether oxygens (including phenoxy) is 2. The van der Waals surface area contributed by atoms with Gasteiger partial charge in [-0.05, 0) is 30.2 Å². The maximum atomic E-state index is 14.1. The molecule has 6 nitrogen and oxygen atoms in total. The van der Waals surface area contributed by atoms with Crippen molar-refractivity contribution in [3.05, 3.63) is 47.8 Å². The van der Waals surface area contributed by atoms with Gasteiger partial charge in [-0.3, -0.25) is 9.59 Å². The van der Waals surface area contributed by atoms with Crippen LogP contribution in [-0.4, -0.2) is 38.3 Å². The third kappa shape index (κ3) is 3.84. The molecule has 0 aromatic heterocycles. The van der Waals surface area contributed by atoms with Gasteiger partial charge in [-0.2, -0.15) is 0 Å². The molecule has 2 atom stereocenters. The number of fused-ring (bicyclic) bond motifs is 1. The topological polar surface area (TPSA) is 67.9 Å². The molecule has 0 aliphatic carbocycles. The molecule has 2 aliphatic heterocycles. The van der Waals surface area contributed by atoms with Crippen LogP contribution in [0.5, 0.6) is 11.5 Å². The van der Waals surface area contributed by atoms with Crippen molar-refractivity contribution in [2.75, 3.05) is 31.4 Å². The Morgan fingerprint density at radius 2 is 2.07 bits per heavy atom. The Morgan fingerprint density at radius 1 is 1.23 bits per heavy atom. The van der Waals surface area contributed by atoms with E-state index in [2.05, 4.69) is 5.32 Å². The number of hydrogen-bond acceptors (Lipinski definition) is 5. The van der Waals surface area contributed by atoms with Crippen LogP contribution < -0.4 is 19.7 Å². The molecular formula is C22H23FN2O4S. The molecule has 2 aromatic carbocycles. The molecule has 2 heterocycles. The van der Waals surface area contributed by atoms with E-state index in [1.807, 2.05) is 6.07 Å². The van der Waals surface area contributed by atoms with Crippen LogP contribution in [0.4, 0.5) is 10.1 Å². The SMILES string of the molecule is COc1ccc(OC)c(N2CC(C(=O)NC3CCSc4c(F)cccc43)CC2=O)c1. The van der Waals surface area contributed by atoms with Gasteiger partial charge in [-0.1, -0.05) is 12.1 Å². The molecule has 0 saturated carbocycles. The first-order valence-electron chi connectivity index (χ1n) is 9.75. The summed E-state index contributed by atoms with van der Waals surface area (Å²) < 4.78 is 24.7. The molecule has 0 radical (unpaired) electrons. The fourth-order valence-electron chi connectivity index (χ4n) is 3.95. The first-order chi connectivity index (χ1) is 14.5. The molecule has 2 unspecified atom stereocenters. The van der Waals surface area contributed by atoms with Gasteiger partial charge in [0.05, 0.1) is 31.9 Å². The van der Waals surface area contributed by atoms with E-state index < -0.39 is 5.92 Å². The third-order valence-electron chi connectivity index (χ3n) is 5.51. The summed E-state index contributed by atoms with van der Waals surface area (Å²) in [6.07, 6.45) is 0.838. The minimum atomic E-state index is -0.486. The molecule has 2 aromatic rings. The monoisotopic (exact) mass is 430 g/mol. The van der Waals surface area contributed by atoms with Crippen molar-refractivity contribution in [2.45, 2.75) is 23.8 Å². The highest BCUT2D eigenvalue weighted by molar-refractivity contribution is 7.99. The molecule has 2 amide bonds. The number of amides is 2. The zero-order valence-corrected chi connectivity index (χ0v) is 17.6. The normalized spacial score (nSPS) is 20.6. The highest BCUT2D eigenvalue weighted by Gasteiger charge is 2.37. The summed E-state index contributed by atoms with van der Waals surface area (Å²) in [5.74, 6) is 0.787. The van der Waals surface area contributed by atoms with E-state index in [9.17, 15) is 14.0 Å². The maximum Gasteiger partial charge on any atom is 0.227 e. The number of rotatable bonds is 5. The molecule has 0 spiro atoms. The summed E-state index contributed by atoms with van der Waals surface area (Å²) in [6.45, 7) is 0.256. The third-order valence-corrected chi connectivity index (χ3v) is 6.67. The fourth-order valence-corrected chi connectivity index (χ4v) is 5.09. The lowest BCUT2D eigenvalue weighted by Gasteiger charge is -2.27. The molecule has 0 bridgehead atoms. The van der Waals surface area contributed by atoms with Crippen LogP contribution in [0.3, 0.4) is 0 Å². The highest BCUT2D eigenvalue weighted by Crippen LogP contribution is 2.39. The van der Waals surface area contributed by atoms with Crippen LogP contribution in [-0.2, 0) is 9.59 Å². The average Bonchev–Trinajstić information content (AvgIpc) is 3.15. The molecular weight excluding hydrogens is 407 g/mol. The number of carbonyl (C=O) groups excluding carboxylic acids is 2. The first kappa shape index (κ1) is 20.5. The van der Waals surface area contributed by atoms with E-state index in [0.717, 1.165) is 17.7 Å². The van der Waals surface area contributed by atoms with Crippen LogP contribution in [0.25, 0.3) is 0 Å². The zero-order chi connectivity index (χ0) is 21.3. The van der Waals surface area contributed by atoms with Crippen molar-refractivity contribution in [1.29, 1.82) is 0 Å². The predicted octanol–water partition coefficient (Wildman–Crippen LogP) is 3.55. The van der Waals surface area contributed by atoms with Gasteiger partial charge >= 0.3 is 0 Å². The largest absolute Gasteiger partial charge is 0.497 e. The zero-order valence-electron chi connectivity index (χ0n) is 16.8. The van der Waals surface area contributed by atoms with Gasteiger partial charge < -0.3 is 19.7 Å². The van der Waals surface area contributed by atoms with E-state index in [-0.39, 0.29) is 36.6 Å². The van der Waals surface area contributed by atoms with Crippen LogP contribution in [0.15, 0.2) is 41.3 Å². The van der Waals surface area contributed by atoms with Crippen LogP contribution in [0.1, 0.15) is 24.4 Å². The van der Waals surface area contributed by atoms with Gasteiger partial charge in [0.25, 0.3) is 0 Å². The van der Waals surface area contributed by atoms with E-state index >= 15 is 0 Å². The molecule has 1 fully saturated rings. The number of nitrogens with one attached hydrogen (secondary N) is 1. The van der Waals surface area contributed by atoms with Gasteiger partial charge in [0.1, 0.15) is 17.3 Å². The lowest BCUT2D eigenvalue weighted by Crippen LogP contribution is -2.36. The highest BCUT2D eigenvalue weighted by atomic mass is 32.2. The van der Waals surface area contributed by atoms with Gasteiger partial charge in [0.15, 0.2) is 0 Å². The number of carbonyl (C=O) groups is 2. The number of thioether (sulfide) groups is 1. The van der Waals surface area contributed by atoms with Crippen molar-refractivity contribution in [2.24, 2.45) is 5.92 Å². The van der Waals surface area contributed by atoms with Crippen molar-refractivity contribution in [3.8, 4) is 11.5 Å². The number of methoxy groups -OCH3 is 2. The van der Waals surface area contributed by atoms with Crippen LogP contribution in [0.2, 0.25) is 0 Å². The minimum absolute atomic E-state index is 0.115. The Balaban J connectivity index is 1.50. The standard InChI is InChI=1S/C22H23FN2O4S/c1-28-14-6-7-19(29-2)18(11-14)25-12-13(10-20(25)26)22(27)24-17-8-9-30-21-15(17)4-3-5-16(21)23/h3-7,11,13,17H,8-10,12H2,1-2H3,(H,24,27). The molecule has 2 aliphatic rings. The van der Waals surface area contributed by atoms with Crippen molar-refractivity contribution >= 4 is 29.3 Å². The van der Waals surface area contributed by atoms with Gasteiger partial charge in [-0.15, -0.1) is 11.8 Å². The van der Waals surface area contributed by atoms with E-state index in [1.165, 1.54) is 24.9 Å². The summed E-state index contributed by atoms with van der Waals surface area (Å²) in [6, 6.07) is 9.92. The maximum absolute atomic E-state index is 14.1. The predicted molar refractivity (Wildman–Crippen MR) is 113 cm³/mol. The summed E-state index contributed by atoms with van der Waals surface area (Å²) >= 11 is 1.47. The smallest absolute Gasteiger partial charge is 0.227 e. The number of anilines is 1. The lowest BCUT2D eigenvalue weighted by atomic mass is 10.0. The molecule has 1 saturated heterocycles. The quantitative estimate of drug-likeness (QED) is 0.786. The van der Waals surface area contributed by atoms with Gasteiger partial charge in [0, 0.05) is 29.7 Å². The molecule has 4 rings (SSSR count). The van der Waals surface area contributed by atoms with Gasteiger partial charge in [-0.25, -0.2) is 4.39 Å².